The highest BCUT2D eigenvalue weighted by Gasteiger charge is 2.44. The highest BCUT2D eigenvalue weighted by Crippen LogP contribution is 2.47. The number of aromatic carboxylic acids is 2. The Morgan fingerprint density at radius 3 is 2.52 bits per heavy atom. The first-order valence-corrected chi connectivity index (χ1v) is 14.8. The Labute approximate surface area is 232 Å². The Bertz CT molecular complexity index is 1710. The predicted molar refractivity (Wildman–Crippen MR) is 149 cm³/mol. The van der Waals surface area contributed by atoms with Crippen molar-refractivity contribution >= 4 is 17.5 Å². The van der Waals surface area contributed by atoms with Gasteiger partial charge >= 0.3 is 11.9 Å². The summed E-state index contributed by atoms with van der Waals surface area (Å²) in [5.74, 6) is -1.44. The first-order chi connectivity index (χ1) is 19.5. The zero-order valence-electron chi connectivity index (χ0n) is 22.5. The largest absolute Gasteiger partial charge is 0.484 e. The van der Waals surface area contributed by atoms with Crippen LogP contribution in [-0.4, -0.2) is 59.3 Å². The van der Waals surface area contributed by atoms with Crippen LogP contribution in [0.3, 0.4) is 0 Å². The third-order valence-electron chi connectivity index (χ3n) is 9.85. The number of rotatable bonds is 3. The van der Waals surface area contributed by atoms with Gasteiger partial charge in [-0.2, -0.15) is 0 Å². The van der Waals surface area contributed by atoms with Crippen LogP contribution in [0, 0.1) is 5.92 Å². The Hall–Kier alpha value is -3.87. The molecule has 1 saturated heterocycles. The summed E-state index contributed by atoms with van der Waals surface area (Å²) < 4.78 is 9.65. The van der Waals surface area contributed by atoms with Crippen LogP contribution in [0.5, 0.6) is 5.75 Å². The number of benzene rings is 2. The number of carboxylic acid groups (broad SMARTS) is 2. The molecule has 0 amide bonds. The van der Waals surface area contributed by atoms with Crippen LogP contribution in [0.1, 0.15) is 75.9 Å². The Balaban J connectivity index is 1.47. The summed E-state index contributed by atoms with van der Waals surface area (Å²) in [5.41, 5.74) is 8.29. The van der Waals surface area contributed by atoms with E-state index < -0.39 is 11.9 Å². The van der Waals surface area contributed by atoms with Crippen LogP contribution in [-0.2, 0) is 12.8 Å². The lowest BCUT2D eigenvalue weighted by Crippen LogP contribution is -2.49. The van der Waals surface area contributed by atoms with Gasteiger partial charge in [0.05, 0.1) is 16.7 Å². The van der Waals surface area contributed by atoms with E-state index in [4.69, 9.17) is 4.74 Å². The molecule has 0 aromatic heterocycles. The monoisotopic (exact) mass is 537 g/mol. The van der Waals surface area contributed by atoms with Crippen molar-refractivity contribution in [2.45, 2.75) is 57.5 Å². The lowest BCUT2D eigenvalue weighted by atomic mass is 9.71. The van der Waals surface area contributed by atoms with Crippen LogP contribution in [0.25, 0.3) is 5.57 Å². The number of ether oxygens (including phenoxy) is 1. The van der Waals surface area contributed by atoms with Crippen molar-refractivity contribution in [1.82, 2.24) is 9.48 Å². The number of fused-ring (bicyclic) bond motifs is 4. The van der Waals surface area contributed by atoms with Gasteiger partial charge in [-0.15, -0.1) is 0 Å². The fraction of sp³-hybridized carbons (Fsp3) is 0.424. The molecule has 2 atom stereocenters. The van der Waals surface area contributed by atoms with Crippen molar-refractivity contribution in [2.24, 2.45) is 5.92 Å². The zero-order valence-corrected chi connectivity index (χ0v) is 22.5. The molecule has 5 heterocycles. The number of carbonyl (C=O) groups is 2. The van der Waals surface area contributed by atoms with Crippen LogP contribution >= 0.6 is 0 Å². The summed E-state index contributed by atoms with van der Waals surface area (Å²) >= 11 is 0. The van der Waals surface area contributed by atoms with Gasteiger partial charge in [-0.25, -0.2) is 14.2 Å². The van der Waals surface area contributed by atoms with Crippen molar-refractivity contribution in [3.05, 3.63) is 85.6 Å². The fourth-order valence-corrected chi connectivity index (χ4v) is 8.33. The molecule has 1 fully saturated rings. The van der Waals surface area contributed by atoms with E-state index in [1.165, 1.54) is 39.4 Å². The van der Waals surface area contributed by atoms with Crippen molar-refractivity contribution in [3.63, 3.8) is 0 Å². The quantitative estimate of drug-likeness (QED) is 0.585. The standard InChI is InChI=1S/C33H32N2O5/c36-32(37)20-9-10-21(24(17-20)33(38)39)27-25-15-18-5-1-11-34-13-3-7-22(28(18)34)30(25)40-31-23-8-4-14-35-12-2-6-19(29(23)35)16-26(27)31/h9-10,15-17,25,30H,1-8,11-14H2,(H-,36,37,38,39)/p+1. The van der Waals surface area contributed by atoms with Gasteiger partial charge in [0.15, 0.2) is 0 Å². The average Bonchev–Trinajstić information content (AvgIpc) is 2.97. The molecule has 2 aromatic carbocycles. The third-order valence-corrected chi connectivity index (χ3v) is 9.85. The molecule has 0 radical (unpaired) electrons. The number of hydrogen-bond donors (Lipinski definition) is 2. The topological polar surface area (TPSA) is 90.1 Å². The number of piperidine rings is 1. The van der Waals surface area contributed by atoms with Gasteiger partial charge in [-0.3, -0.25) is 0 Å². The van der Waals surface area contributed by atoms with E-state index in [-0.39, 0.29) is 23.1 Å². The molecule has 0 bridgehead atoms. The summed E-state index contributed by atoms with van der Waals surface area (Å²) in [6, 6.07) is 6.87. The molecule has 204 valence electrons. The van der Waals surface area contributed by atoms with Gasteiger partial charge < -0.3 is 19.8 Å². The molecular formula is C33H33N2O5+. The molecule has 2 unspecified atom stereocenters. The summed E-state index contributed by atoms with van der Waals surface area (Å²) in [7, 11) is 0. The summed E-state index contributed by atoms with van der Waals surface area (Å²) in [5, 5.41) is 22.3. The average molecular weight is 538 g/mol. The second-order valence-electron chi connectivity index (χ2n) is 12.0. The molecule has 2 N–H and O–H groups in total. The summed E-state index contributed by atoms with van der Waals surface area (Å²) in [6.07, 6.45) is 10.5. The van der Waals surface area contributed by atoms with Gasteiger partial charge in [-0.1, -0.05) is 12.1 Å². The van der Waals surface area contributed by atoms with Gasteiger partial charge in [0.25, 0.3) is 0 Å². The van der Waals surface area contributed by atoms with Crippen molar-refractivity contribution in [3.8, 4) is 5.75 Å². The summed E-state index contributed by atoms with van der Waals surface area (Å²) in [4.78, 5) is 27.0. The van der Waals surface area contributed by atoms with Gasteiger partial charge in [0.2, 0.25) is 5.36 Å². The SMILES string of the molecule is O=C(O)c1ccc(C2=c3cc4c5c(c3OC3C6=C7C(=CC23)CCCN7CCC6)CCC[N+]=5CCC4)c(C(=O)O)c1. The Morgan fingerprint density at radius 1 is 0.925 bits per heavy atom. The van der Waals surface area contributed by atoms with Crippen LogP contribution in [0.4, 0.5) is 0 Å². The first-order valence-electron chi connectivity index (χ1n) is 14.8. The maximum atomic E-state index is 12.6. The minimum absolute atomic E-state index is 0.0102. The van der Waals surface area contributed by atoms with E-state index in [2.05, 4.69) is 21.6 Å². The lowest BCUT2D eigenvalue weighted by Gasteiger charge is -2.47. The van der Waals surface area contributed by atoms with E-state index >= 15 is 0 Å². The highest BCUT2D eigenvalue weighted by molar-refractivity contribution is 5.98. The zero-order chi connectivity index (χ0) is 27.1. The van der Waals surface area contributed by atoms with Crippen LogP contribution in [0.2, 0.25) is 0 Å². The van der Waals surface area contributed by atoms with Crippen molar-refractivity contribution < 1.29 is 24.5 Å². The highest BCUT2D eigenvalue weighted by atomic mass is 16.5. The van der Waals surface area contributed by atoms with E-state index in [1.54, 1.807) is 12.1 Å². The van der Waals surface area contributed by atoms with E-state index in [1.807, 2.05) is 0 Å². The molecule has 40 heavy (non-hydrogen) atoms. The molecule has 2 aromatic rings. The minimum Gasteiger partial charge on any atom is -0.484 e. The molecule has 7 heteroatoms. The first kappa shape index (κ1) is 24.0. The summed E-state index contributed by atoms with van der Waals surface area (Å²) in [6.45, 7) is 4.29. The fourth-order valence-electron chi connectivity index (χ4n) is 8.33. The molecule has 1 aliphatic carbocycles. The predicted octanol–water partition coefficient (Wildman–Crippen LogP) is 3.13. The van der Waals surface area contributed by atoms with E-state index in [0.29, 0.717) is 5.56 Å². The Morgan fingerprint density at radius 2 is 1.73 bits per heavy atom. The molecule has 6 aliphatic rings. The van der Waals surface area contributed by atoms with E-state index in [9.17, 15) is 19.8 Å². The lowest BCUT2D eigenvalue weighted by molar-refractivity contribution is 0.0695. The van der Waals surface area contributed by atoms with E-state index in [0.717, 1.165) is 94.1 Å². The molecule has 8 rings (SSSR count). The number of carboxylic acids is 2. The number of nitrogens with zero attached hydrogens (tertiary/aromatic N) is 2. The molecule has 0 spiro atoms. The molecule has 5 aliphatic heterocycles. The van der Waals surface area contributed by atoms with Gasteiger partial charge in [0, 0.05) is 48.3 Å². The number of hydrogen-bond acceptors (Lipinski definition) is 4. The Kier molecular flexibility index (Phi) is 5.28. The maximum absolute atomic E-state index is 12.6. The van der Waals surface area contributed by atoms with Gasteiger partial charge in [-0.05, 0) is 79.0 Å². The minimum atomic E-state index is -1.12. The normalized spacial score (nSPS) is 24.3. The van der Waals surface area contributed by atoms with Crippen LogP contribution < -0.4 is 19.9 Å². The van der Waals surface area contributed by atoms with Crippen LogP contribution in [0.15, 0.2) is 47.2 Å². The number of aryl methyl sites for hydroxylation is 1. The maximum Gasteiger partial charge on any atom is 0.336 e. The number of allylic oxidation sites excluding steroid dienone is 1. The molecule has 7 nitrogen and oxygen atoms in total. The van der Waals surface area contributed by atoms with Crippen molar-refractivity contribution in [2.75, 3.05) is 26.2 Å². The van der Waals surface area contributed by atoms with Gasteiger partial charge in [0.1, 0.15) is 24.9 Å². The second kappa shape index (κ2) is 8.82. The molecular weight excluding hydrogens is 504 g/mol. The molecule has 0 saturated carbocycles. The smallest absolute Gasteiger partial charge is 0.336 e. The van der Waals surface area contributed by atoms with Crippen molar-refractivity contribution in [1.29, 1.82) is 0 Å². The third kappa shape index (κ3) is 3.39. The second-order valence-corrected chi connectivity index (χ2v) is 12.0.